The average molecular weight is 133 g/mol. The van der Waals surface area contributed by atoms with Crippen LogP contribution in [-0.2, 0) is 9.53 Å². The fourth-order valence-electron chi connectivity index (χ4n) is 0.142. The smallest absolute Gasteiger partial charge is 0.404 e. The molecule has 0 aliphatic carbocycles. The molecule has 54 valence electrons. The predicted molar refractivity (Wildman–Crippen MR) is 32.9 cm³/mol. The molecule has 0 atom stereocenters. The van der Waals surface area contributed by atoms with E-state index in [9.17, 15) is 4.79 Å². The summed E-state index contributed by atoms with van der Waals surface area (Å²) in [6, 6.07) is 0. The number of rotatable bonds is 1. The summed E-state index contributed by atoms with van der Waals surface area (Å²) in [7, 11) is 0. The second-order valence-electron chi connectivity index (χ2n) is 0.988. The molecule has 0 aromatic heterocycles. The zero-order valence-corrected chi connectivity index (χ0v) is 5.59. The van der Waals surface area contributed by atoms with Gasteiger partial charge < -0.3 is 15.3 Å². The number of carbonyl (C=O) groups is 2. The molecule has 0 aliphatic rings. The lowest BCUT2D eigenvalue weighted by Crippen LogP contribution is -2.11. The number of primary amides is 1. The van der Waals surface area contributed by atoms with Crippen molar-refractivity contribution in [3.8, 4) is 0 Å². The van der Waals surface area contributed by atoms with Gasteiger partial charge in [-0.05, 0) is 13.8 Å². The van der Waals surface area contributed by atoms with Crippen LogP contribution < -0.4 is 5.73 Å². The number of nitrogens with two attached hydrogens (primary N) is 1. The highest BCUT2D eigenvalue weighted by atomic mass is 16.5. The Balaban J connectivity index is 0. The van der Waals surface area contributed by atoms with E-state index in [-0.39, 0.29) is 0 Å². The van der Waals surface area contributed by atoms with Crippen molar-refractivity contribution in [2.24, 2.45) is 5.73 Å². The van der Waals surface area contributed by atoms with Gasteiger partial charge in [0.2, 0.25) is 0 Å². The number of hydrogen-bond acceptors (Lipinski definition) is 3. The van der Waals surface area contributed by atoms with Gasteiger partial charge in [-0.2, -0.15) is 0 Å². The molecule has 0 saturated heterocycles. The largest absolute Gasteiger partial charge is 0.450 e. The van der Waals surface area contributed by atoms with E-state index in [1.807, 2.05) is 0 Å². The van der Waals surface area contributed by atoms with Crippen LogP contribution in [0.3, 0.4) is 0 Å². The minimum Gasteiger partial charge on any atom is -0.450 e. The third-order valence-corrected chi connectivity index (χ3v) is 0.287. The summed E-state index contributed by atoms with van der Waals surface area (Å²) in [6.07, 6.45) is 0.0394. The van der Waals surface area contributed by atoms with E-state index < -0.39 is 6.09 Å². The second-order valence-corrected chi connectivity index (χ2v) is 0.988. The van der Waals surface area contributed by atoms with Crippen molar-refractivity contribution < 1.29 is 14.3 Å². The molecule has 0 heterocycles. The topological polar surface area (TPSA) is 69.4 Å². The summed E-state index contributed by atoms with van der Waals surface area (Å²) >= 11 is 0. The monoisotopic (exact) mass is 133 g/mol. The predicted octanol–water partition coefficient (Wildman–Crippen LogP) is 0.307. The lowest BCUT2D eigenvalue weighted by molar-refractivity contribution is -0.106. The van der Waals surface area contributed by atoms with Crippen molar-refractivity contribution in [1.82, 2.24) is 0 Å². The Morgan fingerprint density at radius 2 is 2.11 bits per heavy atom. The van der Waals surface area contributed by atoms with Crippen molar-refractivity contribution in [3.05, 3.63) is 0 Å². The Labute approximate surface area is 54.0 Å². The van der Waals surface area contributed by atoms with Crippen LogP contribution in [0.25, 0.3) is 0 Å². The molecule has 4 heteroatoms. The highest BCUT2D eigenvalue weighted by molar-refractivity contribution is 5.64. The van der Waals surface area contributed by atoms with E-state index in [0.29, 0.717) is 6.61 Å². The Bertz CT molecular complexity index is 82.3. The summed E-state index contributed by atoms with van der Waals surface area (Å²) in [5.41, 5.74) is 4.54. The number of hydrogen-bond donors (Lipinski definition) is 1. The molecule has 0 bridgehead atoms. The van der Waals surface area contributed by atoms with Crippen molar-refractivity contribution in [1.29, 1.82) is 0 Å². The fraction of sp³-hybridized carbons (Fsp3) is 0.600. The van der Waals surface area contributed by atoms with Gasteiger partial charge in [-0.3, -0.25) is 0 Å². The molecule has 0 saturated carbocycles. The van der Waals surface area contributed by atoms with Gasteiger partial charge in [0.05, 0.1) is 6.61 Å². The first kappa shape index (κ1) is 10.8. The van der Waals surface area contributed by atoms with Gasteiger partial charge in [-0.1, -0.05) is 0 Å². The molecule has 0 fully saturated rings. The Morgan fingerprint density at radius 1 is 1.78 bits per heavy atom. The molecular formula is C5H11NO3. The quantitative estimate of drug-likeness (QED) is 0.523. The first-order valence-electron chi connectivity index (χ1n) is 2.51. The maximum absolute atomic E-state index is 9.60. The van der Waals surface area contributed by atoms with Crippen LogP contribution in [0.1, 0.15) is 13.8 Å². The summed E-state index contributed by atoms with van der Waals surface area (Å²) in [5, 5.41) is 0. The molecule has 0 unspecified atom stereocenters. The van der Waals surface area contributed by atoms with Crippen LogP contribution in [0, 0.1) is 0 Å². The van der Waals surface area contributed by atoms with E-state index in [4.69, 9.17) is 4.79 Å². The fourth-order valence-corrected chi connectivity index (χ4v) is 0.142. The van der Waals surface area contributed by atoms with E-state index in [0.717, 1.165) is 6.29 Å². The van der Waals surface area contributed by atoms with E-state index in [1.165, 1.54) is 6.92 Å². The van der Waals surface area contributed by atoms with Crippen molar-refractivity contribution in [2.75, 3.05) is 6.61 Å². The Kier molecular flexibility index (Phi) is 12.1. The third-order valence-electron chi connectivity index (χ3n) is 0.287. The summed E-state index contributed by atoms with van der Waals surface area (Å²) in [5.74, 6) is 0. The van der Waals surface area contributed by atoms with Crippen LogP contribution >= 0.6 is 0 Å². The van der Waals surface area contributed by atoms with Crippen molar-refractivity contribution in [3.63, 3.8) is 0 Å². The van der Waals surface area contributed by atoms with E-state index >= 15 is 0 Å². The van der Waals surface area contributed by atoms with Gasteiger partial charge in [0.25, 0.3) is 0 Å². The Morgan fingerprint density at radius 3 is 2.11 bits per heavy atom. The summed E-state index contributed by atoms with van der Waals surface area (Å²) < 4.78 is 4.18. The molecule has 0 aromatic rings. The minimum absolute atomic E-state index is 0.356. The molecular weight excluding hydrogens is 122 g/mol. The Hall–Kier alpha value is -1.06. The highest BCUT2D eigenvalue weighted by Crippen LogP contribution is 1.66. The lowest BCUT2D eigenvalue weighted by atomic mass is 10.9. The minimum atomic E-state index is -0.711. The molecule has 2 N–H and O–H groups in total. The standard InChI is InChI=1S/C3H7NO2.C2H4O/c1-2-6-3(4)5;1-2-3/h2H2,1H3,(H2,4,5);2H,1H3. The first-order chi connectivity index (χ1) is 4.18. The summed E-state index contributed by atoms with van der Waals surface area (Å²) in [6.45, 7) is 3.50. The molecule has 0 spiro atoms. The zero-order valence-electron chi connectivity index (χ0n) is 5.59. The molecule has 0 aliphatic heterocycles. The van der Waals surface area contributed by atoms with Crippen LogP contribution in [0.4, 0.5) is 4.79 Å². The van der Waals surface area contributed by atoms with Gasteiger partial charge in [-0.25, -0.2) is 4.79 Å². The van der Waals surface area contributed by atoms with Crippen LogP contribution in [0.15, 0.2) is 0 Å². The molecule has 1 amide bonds. The highest BCUT2D eigenvalue weighted by Gasteiger charge is 1.82. The number of carbonyl (C=O) groups excluding carboxylic acids is 2. The maximum atomic E-state index is 9.60. The van der Waals surface area contributed by atoms with Crippen LogP contribution in [-0.4, -0.2) is 19.0 Å². The summed E-state index contributed by atoms with van der Waals surface area (Å²) in [4.78, 5) is 18.4. The average Bonchev–Trinajstić information content (AvgIpc) is 1.67. The number of aldehydes is 1. The second kappa shape index (κ2) is 10.0. The molecule has 9 heavy (non-hydrogen) atoms. The molecule has 0 rings (SSSR count). The SMILES string of the molecule is CC=O.CCOC(N)=O. The van der Waals surface area contributed by atoms with Gasteiger partial charge in [0, 0.05) is 0 Å². The van der Waals surface area contributed by atoms with Crippen LogP contribution in [0.5, 0.6) is 0 Å². The number of amides is 1. The van der Waals surface area contributed by atoms with Gasteiger partial charge in [-0.15, -0.1) is 0 Å². The van der Waals surface area contributed by atoms with E-state index in [2.05, 4.69) is 10.5 Å². The van der Waals surface area contributed by atoms with Gasteiger partial charge in [0.15, 0.2) is 0 Å². The van der Waals surface area contributed by atoms with Crippen LogP contribution in [0.2, 0.25) is 0 Å². The molecule has 4 nitrogen and oxygen atoms in total. The maximum Gasteiger partial charge on any atom is 0.404 e. The van der Waals surface area contributed by atoms with E-state index in [1.54, 1.807) is 6.92 Å². The van der Waals surface area contributed by atoms with Crippen molar-refractivity contribution >= 4 is 12.4 Å². The lowest BCUT2D eigenvalue weighted by Gasteiger charge is -1.89. The number of ether oxygens (including phenoxy) is 1. The molecule has 0 radical (unpaired) electrons. The normalized spacial score (nSPS) is 6.44. The van der Waals surface area contributed by atoms with Gasteiger partial charge >= 0.3 is 6.09 Å². The molecule has 0 aromatic carbocycles. The van der Waals surface area contributed by atoms with Crippen molar-refractivity contribution in [2.45, 2.75) is 13.8 Å². The first-order valence-corrected chi connectivity index (χ1v) is 2.51. The third kappa shape index (κ3) is 45.0. The van der Waals surface area contributed by atoms with Gasteiger partial charge in [0.1, 0.15) is 6.29 Å². The zero-order chi connectivity index (χ0) is 7.70.